The number of amides is 1. The molecule has 14 heavy (non-hydrogen) atoms. The van der Waals surface area contributed by atoms with Crippen LogP contribution in [0.25, 0.3) is 0 Å². The van der Waals surface area contributed by atoms with Crippen molar-refractivity contribution >= 4 is 17.4 Å². The minimum Gasteiger partial charge on any atom is -0.348 e. The molecule has 0 aromatic carbocycles. The lowest BCUT2D eigenvalue weighted by Gasteiger charge is -2.08. The van der Waals surface area contributed by atoms with Crippen LogP contribution in [0.4, 0.5) is 0 Å². The molecule has 0 fully saturated rings. The zero-order chi connectivity index (χ0) is 10.6. The molecule has 0 bridgehead atoms. The van der Waals surface area contributed by atoms with Gasteiger partial charge in [0.15, 0.2) is 0 Å². The maximum Gasteiger partial charge on any atom is 0.265 e. The molecule has 5 nitrogen and oxygen atoms in total. The first-order valence-corrected chi connectivity index (χ1v) is 4.89. The van der Waals surface area contributed by atoms with E-state index in [2.05, 4.69) is 14.9 Å². The Morgan fingerprint density at radius 3 is 3.00 bits per heavy atom. The number of nitrogens with one attached hydrogen (secondary N) is 1. The predicted octanol–water partition coefficient (Wildman–Crippen LogP) is 0.878. The van der Waals surface area contributed by atoms with Crippen LogP contribution in [0.2, 0.25) is 0 Å². The maximum absolute atomic E-state index is 11.5. The van der Waals surface area contributed by atoms with E-state index in [1.54, 1.807) is 13.8 Å². The summed E-state index contributed by atoms with van der Waals surface area (Å²) in [6.07, 6.45) is 0.303. The summed E-state index contributed by atoms with van der Waals surface area (Å²) in [6.45, 7) is 3.51. The van der Waals surface area contributed by atoms with Gasteiger partial charge in [0.1, 0.15) is 4.88 Å². The van der Waals surface area contributed by atoms with Crippen LogP contribution in [0.1, 0.15) is 28.7 Å². The highest BCUT2D eigenvalue weighted by molar-refractivity contribution is 7.07. The minimum absolute atomic E-state index is 0.144. The van der Waals surface area contributed by atoms with Crippen molar-refractivity contribution in [2.75, 3.05) is 0 Å². The van der Waals surface area contributed by atoms with E-state index in [1.165, 1.54) is 0 Å². The van der Waals surface area contributed by atoms with Crippen molar-refractivity contribution in [1.82, 2.24) is 14.9 Å². The van der Waals surface area contributed by atoms with Gasteiger partial charge < -0.3 is 5.32 Å². The van der Waals surface area contributed by atoms with Crippen LogP contribution in [-0.4, -0.2) is 21.5 Å². The van der Waals surface area contributed by atoms with Gasteiger partial charge in [-0.3, -0.25) is 4.79 Å². The van der Waals surface area contributed by atoms with E-state index in [0.29, 0.717) is 17.0 Å². The number of hydrogen-bond donors (Lipinski definition) is 1. The predicted molar refractivity (Wildman–Crippen MR) is 51.8 cm³/mol. The van der Waals surface area contributed by atoms with Crippen molar-refractivity contribution in [2.24, 2.45) is 0 Å². The first kappa shape index (κ1) is 10.6. The number of nitrogens with zero attached hydrogens (tertiary/aromatic N) is 3. The van der Waals surface area contributed by atoms with Crippen molar-refractivity contribution in [3.63, 3.8) is 0 Å². The largest absolute Gasteiger partial charge is 0.348 e. The average molecular weight is 210 g/mol. The molecule has 0 aliphatic heterocycles. The normalized spacial score (nSPS) is 11.8. The summed E-state index contributed by atoms with van der Waals surface area (Å²) in [5.74, 6) is -0.208. The van der Waals surface area contributed by atoms with E-state index in [4.69, 9.17) is 5.26 Å². The van der Waals surface area contributed by atoms with Gasteiger partial charge in [-0.2, -0.15) is 5.26 Å². The van der Waals surface area contributed by atoms with Gasteiger partial charge in [0.25, 0.3) is 5.91 Å². The topological polar surface area (TPSA) is 78.7 Å². The molecule has 1 aromatic rings. The third kappa shape index (κ3) is 2.50. The molecule has 6 heteroatoms. The Labute approximate surface area is 85.9 Å². The molecule has 1 N–H and O–H groups in total. The molecule has 0 spiro atoms. The molecular weight excluding hydrogens is 200 g/mol. The molecule has 0 saturated carbocycles. The standard InChI is InChI=1S/C8H10N4OS/c1-5(3-4-9)10-8(13)7-6(2)11-12-14-7/h5H,3H2,1-2H3,(H,10,13). The second-order valence-corrected chi connectivity index (χ2v) is 3.68. The SMILES string of the molecule is Cc1nnsc1C(=O)NC(C)CC#N. The average Bonchev–Trinajstić information content (AvgIpc) is 2.51. The molecule has 1 amide bonds. The lowest BCUT2D eigenvalue weighted by atomic mass is 10.2. The van der Waals surface area contributed by atoms with Crippen molar-refractivity contribution in [3.05, 3.63) is 10.6 Å². The number of hydrogen-bond acceptors (Lipinski definition) is 5. The van der Waals surface area contributed by atoms with E-state index in [0.717, 1.165) is 11.5 Å². The summed E-state index contributed by atoms with van der Waals surface area (Å²) in [7, 11) is 0. The van der Waals surface area contributed by atoms with Gasteiger partial charge in [-0.05, 0) is 25.4 Å². The first-order chi connectivity index (χ1) is 6.65. The second-order valence-electron chi connectivity index (χ2n) is 2.92. The number of carbonyl (C=O) groups is 1. The summed E-state index contributed by atoms with van der Waals surface area (Å²) in [6, 6.07) is 1.85. The number of aromatic nitrogens is 2. The molecule has 1 atom stereocenters. The van der Waals surface area contributed by atoms with Crippen LogP contribution >= 0.6 is 11.5 Å². The van der Waals surface area contributed by atoms with Crippen LogP contribution in [-0.2, 0) is 0 Å². The summed E-state index contributed by atoms with van der Waals surface area (Å²) >= 11 is 1.06. The maximum atomic E-state index is 11.5. The van der Waals surface area contributed by atoms with Gasteiger partial charge in [0, 0.05) is 6.04 Å². The molecule has 1 unspecified atom stereocenters. The number of carbonyl (C=O) groups excluding carboxylic acids is 1. The lowest BCUT2D eigenvalue weighted by Crippen LogP contribution is -2.32. The highest BCUT2D eigenvalue weighted by Gasteiger charge is 2.14. The Hall–Kier alpha value is -1.48. The molecule has 0 radical (unpaired) electrons. The number of aryl methyl sites for hydroxylation is 1. The van der Waals surface area contributed by atoms with Crippen molar-refractivity contribution < 1.29 is 4.79 Å². The van der Waals surface area contributed by atoms with E-state index >= 15 is 0 Å². The van der Waals surface area contributed by atoms with Gasteiger partial charge in [0.2, 0.25) is 0 Å². The fourth-order valence-corrected chi connectivity index (χ4v) is 1.48. The zero-order valence-electron chi connectivity index (χ0n) is 7.94. The van der Waals surface area contributed by atoms with Gasteiger partial charge in [-0.15, -0.1) is 5.10 Å². The van der Waals surface area contributed by atoms with Crippen LogP contribution in [0.5, 0.6) is 0 Å². The summed E-state index contributed by atoms with van der Waals surface area (Å²) in [4.78, 5) is 12.0. The van der Waals surface area contributed by atoms with Crippen molar-refractivity contribution in [1.29, 1.82) is 5.26 Å². The minimum atomic E-state index is -0.208. The number of rotatable bonds is 3. The van der Waals surface area contributed by atoms with Crippen LogP contribution in [0.3, 0.4) is 0 Å². The van der Waals surface area contributed by atoms with Gasteiger partial charge in [-0.25, -0.2) is 0 Å². The van der Waals surface area contributed by atoms with Crippen molar-refractivity contribution in [3.8, 4) is 6.07 Å². The molecule has 0 saturated heterocycles. The molecule has 0 aliphatic rings. The fraction of sp³-hybridized carbons (Fsp3) is 0.500. The summed E-state index contributed by atoms with van der Waals surface area (Å²) in [5.41, 5.74) is 0.622. The Morgan fingerprint density at radius 2 is 2.50 bits per heavy atom. The third-order valence-electron chi connectivity index (χ3n) is 1.63. The highest BCUT2D eigenvalue weighted by Crippen LogP contribution is 2.08. The molecule has 1 aromatic heterocycles. The van der Waals surface area contributed by atoms with Gasteiger partial charge >= 0.3 is 0 Å². The zero-order valence-corrected chi connectivity index (χ0v) is 8.76. The Balaban J connectivity index is 2.60. The second kappa shape index (κ2) is 4.67. The Morgan fingerprint density at radius 1 is 1.79 bits per heavy atom. The van der Waals surface area contributed by atoms with E-state index in [-0.39, 0.29) is 11.9 Å². The van der Waals surface area contributed by atoms with Crippen LogP contribution < -0.4 is 5.32 Å². The van der Waals surface area contributed by atoms with Gasteiger partial charge in [-0.1, -0.05) is 4.49 Å². The smallest absolute Gasteiger partial charge is 0.265 e. The molecular formula is C8H10N4OS. The lowest BCUT2D eigenvalue weighted by molar-refractivity contribution is 0.0944. The number of nitriles is 1. The third-order valence-corrected chi connectivity index (χ3v) is 2.46. The molecule has 1 heterocycles. The first-order valence-electron chi connectivity index (χ1n) is 4.12. The highest BCUT2D eigenvalue weighted by atomic mass is 32.1. The monoisotopic (exact) mass is 210 g/mol. The fourth-order valence-electron chi connectivity index (χ4n) is 0.917. The summed E-state index contributed by atoms with van der Waals surface area (Å²) in [5, 5.41) is 14.8. The van der Waals surface area contributed by atoms with E-state index < -0.39 is 0 Å². The Bertz CT molecular complexity index is 368. The van der Waals surface area contributed by atoms with E-state index in [1.807, 2.05) is 6.07 Å². The van der Waals surface area contributed by atoms with Crippen LogP contribution in [0, 0.1) is 18.3 Å². The molecule has 1 rings (SSSR count). The van der Waals surface area contributed by atoms with E-state index in [9.17, 15) is 4.79 Å². The quantitative estimate of drug-likeness (QED) is 0.803. The van der Waals surface area contributed by atoms with Crippen molar-refractivity contribution in [2.45, 2.75) is 26.3 Å². The molecule has 0 aliphatic carbocycles. The summed E-state index contributed by atoms with van der Waals surface area (Å²) < 4.78 is 3.66. The Kier molecular flexibility index (Phi) is 3.54. The van der Waals surface area contributed by atoms with Gasteiger partial charge in [0.05, 0.1) is 18.2 Å². The molecule has 74 valence electrons. The van der Waals surface area contributed by atoms with Crippen LogP contribution in [0.15, 0.2) is 0 Å².